The summed E-state index contributed by atoms with van der Waals surface area (Å²) in [7, 11) is 0. The topological polar surface area (TPSA) is 120 Å². The Labute approximate surface area is 104 Å². The summed E-state index contributed by atoms with van der Waals surface area (Å²) >= 11 is 2.79. The molecule has 0 aromatic carbocycles. The molecular weight excluding hydrogens is 264 g/mol. The monoisotopic (exact) mass is 272 g/mol. The molecule has 0 radical (unpaired) electrons. The molecule has 0 saturated carbocycles. The Morgan fingerprint density at radius 3 is 2.94 bits per heavy atom. The average molecular weight is 272 g/mol. The van der Waals surface area contributed by atoms with E-state index in [1.54, 1.807) is 0 Å². The lowest BCUT2D eigenvalue weighted by Crippen LogP contribution is -2.01. The molecule has 0 bridgehead atoms. The summed E-state index contributed by atoms with van der Waals surface area (Å²) < 4.78 is 2.25. The Morgan fingerprint density at radius 1 is 1.53 bits per heavy atom. The summed E-state index contributed by atoms with van der Waals surface area (Å²) in [4.78, 5) is 10.6. The minimum absolute atomic E-state index is 0.0600. The van der Waals surface area contributed by atoms with Gasteiger partial charge in [-0.05, 0) is 0 Å². The van der Waals surface area contributed by atoms with Gasteiger partial charge in [-0.3, -0.25) is 4.68 Å². The number of carbonyl (C=O) groups is 1. The van der Waals surface area contributed by atoms with E-state index >= 15 is 0 Å². The maximum absolute atomic E-state index is 10.6. The molecule has 0 aliphatic carbocycles. The van der Waals surface area contributed by atoms with E-state index in [0.29, 0.717) is 17.4 Å². The molecular formula is C7H8N6O2S2. The SMILES string of the molecule is Nc1nnc(SCCn2cc(C(=O)O)nn2)s1. The van der Waals surface area contributed by atoms with E-state index in [4.69, 9.17) is 10.8 Å². The molecule has 0 spiro atoms. The van der Waals surface area contributed by atoms with Crippen molar-refractivity contribution >= 4 is 34.2 Å². The standard InChI is InChI=1S/C7H8N6O2S2/c8-6-10-11-7(17-6)16-2-1-13-3-4(5(14)15)9-12-13/h3H,1-2H2,(H2,8,10)(H,14,15). The Kier molecular flexibility index (Phi) is 3.54. The van der Waals surface area contributed by atoms with Gasteiger partial charge in [-0.25, -0.2) is 4.79 Å². The van der Waals surface area contributed by atoms with Gasteiger partial charge in [0.2, 0.25) is 5.13 Å². The van der Waals surface area contributed by atoms with Gasteiger partial charge in [-0.1, -0.05) is 28.3 Å². The van der Waals surface area contributed by atoms with Gasteiger partial charge in [0.15, 0.2) is 10.0 Å². The molecule has 0 aliphatic heterocycles. The number of carboxylic acid groups (broad SMARTS) is 1. The third-order valence-electron chi connectivity index (χ3n) is 1.73. The van der Waals surface area contributed by atoms with Crippen LogP contribution in [-0.2, 0) is 6.54 Å². The first kappa shape index (κ1) is 11.8. The van der Waals surface area contributed by atoms with Crippen LogP contribution >= 0.6 is 23.1 Å². The molecule has 0 aliphatic rings. The lowest BCUT2D eigenvalue weighted by atomic mass is 10.5. The molecule has 3 N–H and O–H groups in total. The highest BCUT2D eigenvalue weighted by atomic mass is 32.2. The molecule has 8 nitrogen and oxygen atoms in total. The zero-order chi connectivity index (χ0) is 12.3. The summed E-state index contributed by atoms with van der Waals surface area (Å²) in [5.74, 6) is -0.391. The lowest BCUT2D eigenvalue weighted by Gasteiger charge is -1.96. The van der Waals surface area contributed by atoms with Crippen molar-refractivity contribution in [2.24, 2.45) is 0 Å². The zero-order valence-corrected chi connectivity index (χ0v) is 10.1. The number of nitrogens with zero attached hydrogens (tertiary/aromatic N) is 5. The Bertz CT molecular complexity index is 524. The van der Waals surface area contributed by atoms with Gasteiger partial charge >= 0.3 is 5.97 Å². The molecule has 0 saturated heterocycles. The van der Waals surface area contributed by atoms with Crippen LogP contribution in [0.15, 0.2) is 10.5 Å². The fourth-order valence-electron chi connectivity index (χ4n) is 1.01. The smallest absolute Gasteiger partial charge is 0.358 e. The molecule has 10 heteroatoms. The second-order valence-electron chi connectivity index (χ2n) is 2.93. The van der Waals surface area contributed by atoms with Crippen LogP contribution in [0.25, 0.3) is 0 Å². The first-order chi connectivity index (χ1) is 8.15. The second kappa shape index (κ2) is 5.10. The Morgan fingerprint density at radius 2 is 2.35 bits per heavy atom. The lowest BCUT2D eigenvalue weighted by molar-refractivity contribution is 0.0690. The summed E-state index contributed by atoms with van der Waals surface area (Å²) in [6.07, 6.45) is 1.39. The van der Waals surface area contributed by atoms with Crippen molar-refractivity contribution in [1.29, 1.82) is 0 Å². The number of aromatic carboxylic acids is 1. The highest BCUT2D eigenvalue weighted by molar-refractivity contribution is 8.01. The van der Waals surface area contributed by atoms with Crippen molar-refractivity contribution in [1.82, 2.24) is 25.2 Å². The van der Waals surface area contributed by atoms with Crippen LogP contribution < -0.4 is 5.73 Å². The van der Waals surface area contributed by atoms with E-state index in [2.05, 4.69) is 20.5 Å². The number of rotatable bonds is 5. The highest BCUT2D eigenvalue weighted by Crippen LogP contribution is 2.23. The van der Waals surface area contributed by atoms with E-state index in [0.717, 1.165) is 4.34 Å². The molecule has 0 unspecified atom stereocenters. The predicted molar refractivity (Wildman–Crippen MR) is 62.0 cm³/mol. The maximum atomic E-state index is 10.6. The molecule has 2 heterocycles. The van der Waals surface area contributed by atoms with Crippen LogP contribution in [0, 0.1) is 0 Å². The minimum Gasteiger partial charge on any atom is -0.476 e. The largest absolute Gasteiger partial charge is 0.476 e. The molecule has 0 fully saturated rings. The van der Waals surface area contributed by atoms with Crippen LogP contribution in [0.1, 0.15) is 10.5 Å². The first-order valence-electron chi connectivity index (χ1n) is 4.50. The van der Waals surface area contributed by atoms with Gasteiger partial charge in [-0.2, -0.15) is 0 Å². The number of nitrogen functional groups attached to an aromatic ring is 1. The van der Waals surface area contributed by atoms with Crippen LogP contribution in [-0.4, -0.2) is 42.0 Å². The van der Waals surface area contributed by atoms with Gasteiger partial charge in [-0.15, -0.1) is 15.3 Å². The van der Waals surface area contributed by atoms with E-state index < -0.39 is 5.97 Å². The summed E-state index contributed by atoms with van der Waals surface area (Å²) in [5, 5.41) is 23.8. The third-order valence-corrected chi connectivity index (χ3v) is 3.59. The van der Waals surface area contributed by atoms with Crippen molar-refractivity contribution in [3.8, 4) is 0 Å². The van der Waals surface area contributed by atoms with E-state index in [1.807, 2.05) is 0 Å². The van der Waals surface area contributed by atoms with Gasteiger partial charge < -0.3 is 10.8 Å². The van der Waals surface area contributed by atoms with E-state index in [9.17, 15) is 4.79 Å². The van der Waals surface area contributed by atoms with Gasteiger partial charge in [0.25, 0.3) is 0 Å². The molecule has 17 heavy (non-hydrogen) atoms. The number of hydrogen-bond acceptors (Lipinski definition) is 8. The number of aromatic nitrogens is 5. The van der Waals surface area contributed by atoms with Crippen LogP contribution in [0.4, 0.5) is 5.13 Å². The quantitative estimate of drug-likeness (QED) is 0.741. The minimum atomic E-state index is -1.08. The van der Waals surface area contributed by atoms with Crippen LogP contribution in [0.3, 0.4) is 0 Å². The van der Waals surface area contributed by atoms with Crippen LogP contribution in [0.5, 0.6) is 0 Å². The van der Waals surface area contributed by atoms with Crippen molar-refractivity contribution < 1.29 is 9.90 Å². The van der Waals surface area contributed by atoms with Crippen molar-refractivity contribution in [3.05, 3.63) is 11.9 Å². The van der Waals surface area contributed by atoms with Crippen molar-refractivity contribution in [2.45, 2.75) is 10.9 Å². The summed E-state index contributed by atoms with van der Waals surface area (Å²) in [5.41, 5.74) is 5.38. The Hall–Kier alpha value is -1.68. The van der Waals surface area contributed by atoms with Gasteiger partial charge in [0, 0.05) is 5.75 Å². The fraction of sp³-hybridized carbons (Fsp3) is 0.286. The highest BCUT2D eigenvalue weighted by Gasteiger charge is 2.08. The van der Waals surface area contributed by atoms with Crippen molar-refractivity contribution in [3.63, 3.8) is 0 Å². The number of aryl methyl sites for hydroxylation is 1. The maximum Gasteiger partial charge on any atom is 0.358 e. The van der Waals surface area contributed by atoms with E-state index in [-0.39, 0.29) is 5.69 Å². The number of thioether (sulfide) groups is 1. The molecule has 2 aromatic rings. The van der Waals surface area contributed by atoms with Gasteiger partial charge in [0.1, 0.15) is 0 Å². The Balaban J connectivity index is 1.83. The molecule has 2 rings (SSSR count). The van der Waals surface area contributed by atoms with E-state index in [1.165, 1.54) is 34.0 Å². The normalized spacial score (nSPS) is 10.6. The average Bonchev–Trinajstić information content (AvgIpc) is 2.88. The molecule has 0 atom stereocenters. The summed E-state index contributed by atoms with van der Waals surface area (Å²) in [6, 6.07) is 0. The number of hydrogen-bond donors (Lipinski definition) is 2. The van der Waals surface area contributed by atoms with Gasteiger partial charge in [0.05, 0.1) is 12.7 Å². The number of anilines is 1. The third kappa shape index (κ3) is 3.14. The summed E-state index contributed by atoms with van der Waals surface area (Å²) in [6.45, 7) is 0.546. The second-order valence-corrected chi connectivity index (χ2v) is 5.28. The number of nitrogens with two attached hydrogens (primary N) is 1. The van der Waals surface area contributed by atoms with Crippen LogP contribution in [0.2, 0.25) is 0 Å². The molecule has 0 amide bonds. The van der Waals surface area contributed by atoms with Crippen molar-refractivity contribution in [2.75, 3.05) is 11.5 Å². The predicted octanol–water partition coefficient (Wildman–Crippen LogP) is 0.202. The molecule has 2 aromatic heterocycles. The number of carboxylic acids is 1. The molecule has 90 valence electrons. The fourth-order valence-corrected chi connectivity index (χ4v) is 2.65. The first-order valence-corrected chi connectivity index (χ1v) is 6.30. The zero-order valence-electron chi connectivity index (χ0n) is 8.48.